The standard InChI is InChI=1S/C23H26N4O3/c1-16-9-11-19(12-10-16)14-27-18(3)20(17(2)26-27)13-24-25-23(28)15-30-22-8-6-5-7-21(22)29-4/h5-13H,14-15H2,1-4H3,(H,25,28)/b24-13-. The van der Waals surface area contributed by atoms with Crippen LogP contribution < -0.4 is 14.9 Å². The lowest BCUT2D eigenvalue weighted by Gasteiger charge is -2.09. The van der Waals surface area contributed by atoms with E-state index < -0.39 is 0 Å². The fourth-order valence-electron chi connectivity index (χ4n) is 3.00. The number of nitrogens with one attached hydrogen (secondary N) is 1. The Hall–Kier alpha value is -3.61. The summed E-state index contributed by atoms with van der Waals surface area (Å²) in [4.78, 5) is 12.0. The van der Waals surface area contributed by atoms with E-state index in [-0.39, 0.29) is 12.5 Å². The first-order valence-corrected chi connectivity index (χ1v) is 9.65. The number of para-hydroxylation sites is 2. The molecule has 30 heavy (non-hydrogen) atoms. The minimum absolute atomic E-state index is 0.164. The molecule has 0 aliphatic rings. The van der Waals surface area contributed by atoms with Crippen molar-refractivity contribution >= 4 is 12.1 Å². The van der Waals surface area contributed by atoms with E-state index in [1.165, 1.54) is 11.1 Å². The van der Waals surface area contributed by atoms with Crippen molar-refractivity contribution in [3.05, 3.63) is 76.6 Å². The predicted octanol–water partition coefficient (Wildman–Crippen LogP) is 3.39. The first kappa shape index (κ1) is 21.1. The van der Waals surface area contributed by atoms with E-state index in [9.17, 15) is 4.79 Å². The van der Waals surface area contributed by atoms with Crippen LogP contribution in [0.1, 0.15) is 28.1 Å². The molecule has 0 saturated carbocycles. The number of aryl methyl sites for hydroxylation is 2. The summed E-state index contributed by atoms with van der Waals surface area (Å²) in [6.45, 7) is 6.49. The van der Waals surface area contributed by atoms with E-state index in [2.05, 4.69) is 46.8 Å². The van der Waals surface area contributed by atoms with Gasteiger partial charge in [0, 0.05) is 11.3 Å². The molecule has 3 aromatic rings. The summed E-state index contributed by atoms with van der Waals surface area (Å²) in [5.74, 6) is 0.712. The number of hydrazone groups is 1. The fraction of sp³-hybridized carbons (Fsp3) is 0.261. The number of hydrogen-bond donors (Lipinski definition) is 1. The number of amides is 1. The number of carbonyl (C=O) groups excluding carboxylic acids is 1. The van der Waals surface area contributed by atoms with Crippen LogP contribution >= 0.6 is 0 Å². The van der Waals surface area contributed by atoms with Crippen molar-refractivity contribution in [1.29, 1.82) is 0 Å². The molecular weight excluding hydrogens is 380 g/mol. The summed E-state index contributed by atoms with van der Waals surface area (Å²) < 4.78 is 12.6. The molecule has 1 aromatic heterocycles. The summed E-state index contributed by atoms with van der Waals surface area (Å²) in [5, 5.41) is 8.66. The van der Waals surface area contributed by atoms with E-state index in [1.54, 1.807) is 25.5 Å². The van der Waals surface area contributed by atoms with Crippen molar-refractivity contribution in [2.24, 2.45) is 5.10 Å². The van der Waals surface area contributed by atoms with Gasteiger partial charge >= 0.3 is 0 Å². The smallest absolute Gasteiger partial charge is 0.277 e. The zero-order valence-electron chi connectivity index (χ0n) is 17.7. The van der Waals surface area contributed by atoms with Crippen molar-refractivity contribution < 1.29 is 14.3 Å². The number of methoxy groups -OCH3 is 1. The van der Waals surface area contributed by atoms with Crippen LogP contribution in [0.2, 0.25) is 0 Å². The summed E-state index contributed by atoms with van der Waals surface area (Å²) in [6.07, 6.45) is 1.62. The van der Waals surface area contributed by atoms with E-state index >= 15 is 0 Å². The van der Waals surface area contributed by atoms with Gasteiger partial charge in [-0.3, -0.25) is 9.48 Å². The highest BCUT2D eigenvalue weighted by atomic mass is 16.5. The molecule has 7 nitrogen and oxygen atoms in total. The van der Waals surface area contributed by atoms with Crippen LogP contribution in [0, 0.1) is 20.8 Å². The van der Waals surface area contributed by atoms with E-state index in [1.807, 2.05) is 30.7 Å². The molecule has 2 aromatic carbocycles. The van der Waals surface area contributed by atoms with Crippen LogP contribution in [0.4, 0.5) is 0 Å². The van der Waals surface area contributed by atoms with E-state index in [0.717, 1.165) is 17.0 Å². The van der Waals surface area contributed by atoms with Crippen LogP contribution in [0.5, 0.6) is 11.5 Å². The van der Waals surface area contributed by atoms with Gasteiger partial charge in [-0.05, 0) is 38.5 Å². The molecule has 0 radical (unpaired) electrons. The van der Waals surface area contributed by atoms with Gasteiger partial charge in [0.1, 0.15) is 0 Å². The number of hydrogen-bond acceptors (Lipinski definition) is 5. The summed E-state index contributed by atoms with van der Waals surface area (Å²) >= 11 is 0. The van der Waals surface area contributed by atoms with Crippen molar-refractivity contribution in [3.63, 3.8) is 0 Å². The van der Waals surface area contributed by atoms with Crippen LogP contribution in [0.3, 0.4) is 0 Å². The van der Waals surface area contributed by atoms with Gasteiger partial charge < -0.3 is 9.47 Å². The molecule has 0 spiro atoms. The Morgan fingerprint density at radius 3 is 2.50 bits per heavy atom. The molecule has 1 heterocycles. The highest BCUT2D eigenvalue weighted by Crippen LogP contribution is 2.25. The first-order valence-electron chi connectivity index (χ1n) is 9.65. The Bertz CT molecular complexity index is 1040. The van der Waals surface area contributed by atoms with E-state index in [4.69, 9.17) is 9.47 Å². The number of aromatic nitrogens is 2. The van der Waals surface area contributed by atoms with Crippen LogP contribution in [-0.2, 0) is 11.3 Å². The van der Waals surface area contributed by atoms with Gasteiger partial charge in [-0.15, -0.1) is 0 Å². The molecule has 0 aliphatic carbocycles. The predicted molar refractivity (Wildman–Crippen MR) is 116 cm³/mol. The Morgan fingerprint density at radius 1 is 1.10 bits per heavy atom. The molecule has 1 N–H and O–H groups in total. The Balaban J connectivity index is 1.58. The second-order valence-corrected chi connectivity index (χ2v) is 6.96. The third kappa shape index (κ3) is 5.26. The van der Waals surface area contributed by atoms with Crippen molar-refractivity contribution in [2.75, 3.05) is 13.7 Å². The van der Waals surface area contributed by atoms with Crippen LogP contribution in [0.25, 0.3) is 0 Å². The minimum Gasteiger partial charge on any atom is -0.493 e. The first-order chi connectivity index (χ1) is 14.5. The third-order valence-corrected chi connectivity index (χ3v) is 4.70. The second-order valence-electron chi connectivity index (χ2n) is 6.96. The molecule has 3 rings (SSSR count). The highest BCUT2D eigenvalue weighted by molar-refractivity contribution is 5.84. The van der Waals surface area contributed by atoms with Crippen molar-refractivity contribution in [3.8, 4) is 11.5 Å². The largest absolute Gasteiger partial charge is 0.493 e. The Kier molecular flexibility index (Phi) is 6.85. The zero-order chi connectivity index (χ0) is 21.5. The number of nitrogens with zero attached hydrogens (tertiary/aromatic N) is 3. The molecule has 0 fully saturated rings. The molecule has 0 atom stereocenters. The zero-order valence-corrected chi connectivity index (χ0v) is 17.7. The summed E-state index contributed by atoms with van der Waals surface area (Å²) in [5.41, 5.74) is 7.61. The average molecular weight is 406 g/mol. The molecule has 0 saturated heterocycles. The number of carbonyl (C=O) groups is 1. The molecule has 0 unspecified atom stereocenters. The summed E-state index contributed by atoms with van der Waals surface area (Å²) in [6, 6.07) is 15.5. The van der Waals surface area contributed by atoms with Crippen LogP contribution in [0.15, 0.2) is 53.6 Å². The molecular formula is C23H26N4O3. The maximum atomic E-state index is 12.0. The molecule has 7 heteroatoms. The monoisotopic (exact) mass is 406 g/mol. The maximum absolute atomic E-state index is 12.0. The van der Waals surface area contributed by atoms with Gasteiger partial charge in [0.2, 0.25) is 0 Å². The SMILES string of the molecule is COc1ccccc1OCC(=O)N/N=C\c1c(C)nn(Cc2ccc(C)cc2)c1C. The van der Waals surface area contributed by atoms with Crippen molar-refractivity contribution in [1.82, 2.24) is 15.2 Å². The number of rotatable bonds is 8. The van der Waals surface area contributed by atoms with Gasteiger partial charge in [-0.2, -0.15) is 10.2 Å². The third-order valence-electron chi connectivity index (χ3n) is 4.70. The van der Waals surface area contributed by atoms with Crippen molar-refractivity contribution in [2.45, 2.75) is 27.3 Å². The topological polar surface area (TPSA) is 77.7 Å². The number of ether oxygens (including phenoxy) is 2. The van der Waals surface area contributed by atoms with E-state index in [0.29, 0.717) is 18.0 Å². The minimum atomic E-state index is -0.362. The average Bonchev–Trinajstić information content (AvgIpc) is 3.01. The Labute approximate surface area is 176 Å². The lowest BCUT2D eigenvalue weighted by Crippen LogP contribution is -2.24. The lowest BCUT2D eigenvalue weighted by atomic mass is 10.1. The van der Waals surface area contributed by atoms with Crippen LogP contribution in [-0.4, -0.2) is 35.6 Å². The summed E-state index contributed by atoms with van der Waals surface area (Å²) in [7, 11) is 1.55. The molecule has 0 bridgehead atoms. The Morgan fingerprint density at radius 2 is 1.80 bits per heavy atom. The maximum Gasteiger partial charge on any atom is 0.277 e. The molecule has 1 amide bonds. The van der Waals surface area contributed by atoms with Gasteiger partial charge in [0.15, 0.2) is 18.1 Å². The second kappa shape index (κ2) is 9.73. The van der Waals surface area contributed by atoms with Gasteiger partial charge in [-0.1, -0.05) is 42.0 Å². The van der Waals surface area contributed by atoms with Gasteiger partial charge in [0.05, 0.1) is 25.6 Å². The van der Waals surface area contributed by atoms with Gasteiger partial charge in [0.25, 0.3) is 5.91 Å². The quantitative estimate of drug-likeness (QED) is 0.459. The molecule has 156 valence electrons. The normalized spacial score (nSPS) is 10.9. The molecule has 0 aliphatic heterocycles. The van der Waals surface area contributed by atoms with Gasteiger partial charge in [-0.25, -0.2) is 5.43 Å². The fourth-order valence-corrected chi connectivity index (χ4v) is 3.00. The highest BCUT2D eigenvalue weighted by Gasteiger charge is 2.11. The number of benzene rings is 2. The lowest BCUT2D eigenvalue weighted by molar-refractivity contribution is -0.123.